The second kappa shape index (κ2) is 5.62. The van der Waals surface area contributed by atoms with E-state index in [4.69, 9.17) is 11.6 Å². The zero-order valence-electron chi connectivity index (χ0n) is 12.8. The van der Waals surface area contributed by atoms with E-state index in [1.165, 1.54) is 32.1 Å². The van der Waals surface area contributed by atoms with E-state index in [2.05, 4.69) is 23.6 Å². The Bertz CT molecular complexity index is 564. The third-order valence-electron chi connectivity index (χ3n) is 5.14. The van der Waals surface area contributed by atoms with Crippen LogP contribution in [0.5, 0.6) is 0 Å². The molecule has 2 aliphatic rings. The van der Waals surface area contributed by atoms with Crippen LogP contribution in [0.25, 0.3) is 0 Å². The predicted octanol–water partition coefficient (Wildman–Crippen LogP) is 4.07. The maximum Gasteiger partial charge on any atom is 0.228 e. The Hall–Kier alpha value is -1.06. The van der Waals surface area contributed by atoms with Crippen LogP contribution in [-0.2, 0) is 11.2 Å². The summed E-state index contributed by atoms with van der Waals surface area (Å²) in [5, 5.41) is 7.10. The van der Waals surface area contributed by atoms with Gasteiger partial charge in [0.15, 0.2) is 0 Å². The molecule has 114 valence electrons. The standard InChI is InChI=1S/C17H23ClN2O/c1-17(6-4-3-5-7-17)16(19-2)12-8-11-9-15(21)20-14(11)10-13(12)18/h8,10,16,19H,3-7,9H2,1-2H3,(H,20,21). The first kappa shape index (κ1) is 14.9. The first-order chi connectivity index (χ1) is 10.0. The summed E-state index contributed by atoms with van der Waals surface area (Å²) in [6, 6.07) is 4.27. The first-order valence-electron chi connectivity index (χ1n) is 7.83. The van der Waals surface area contributed by atoms with Gasteiger partial charge in [0, 0.05) is 16.8 Å². The molecule has 0 saturated heterocycles. The minimum Gasteiger partial charge on any atom is -0.325 e. The summed E-state index contributed by atoms with van der Waals surface area (Å²) in [6.07, 6.45) is 6.83. The van der Waals surface area contributed by atoms with Crippen LogP contribution in [0.2, 0.25) is 5.02 Å². The highest BCUT2D eigenvalue weighted by atomic mass is 35.5. The van der Waals surface area contributed by atoms with Crippen molar-refractivity contribution in [3.8, 4) is 0 Å². The van der Waals surface area contributed by atoms with Gasteiger partial charge in [-0.15, -0.1) is 0 Å². The van der Waals surface area contributed by atoms with E-state index in [0.29, 0.717) is 6.42 Å². The lowest BCUT2D eigenvalue weighted by molar-refractivity contribution is -0.115. The Morgan fingerprint density at radius 1 is 1.29 bits per heavy atom. The van der Waals surface area contributed by atoms with Crippen molar-refractivity contribution in [2.24, 2.45) is 5.41 Å². The normalized spacial score (nSPS) is 21.8. The monoisotopic (exact) mass is 306 g/mol. The van der Waals surface area contributed by atoms with Crippen LogP contribution in [0.3, 0.4) is 0 Å². The molecule has 1 aromatic rings. The van der Waals surface area contributed by atoms with Crippen molar-refractivity contribution in [2.45, 2.75) is 51.5 Å². The second-order valence-corrected chi connectivity index (χ2v) is 7.10. The lowest BCUT2D eigenvalue weighted by Crippen LogP contribution is -2.36. The molecule has 0 bridgehead atoms. The van der Waals surface area contributed by atoms with Gasteiger partial charge in [0.25, 0.3) is 0 Å². The fraction of sp³-hybridized carbons (Fsp3) is 0.588. The molecule has 2 N–H and O–H groups in total. The molecular formula is C17H23ClN2O. The number of carbonyl (C=O) groups is 1. The van der Waals surface area contributed by atoms with Crippen LogP contribution in [-0.4, -0.2) is 13.0 Å². The van der Waals surface area contributed by atoms with E-state index < -0.39 is 0 Å². The van der Waals surface area contributed by atoms with Gasteiger partial charge in [-0.2, -0.15) is 0 Å². The lowest BCUT2D eigenvalue weighted by Gasteiger charge is -2.41. The van der Waals surface area contributed by atoms with Crippen molar-refractivity contribution in [3.05, 3.63) is 28.3 Å². The number of anilines is 1. The summed E-state index contributed by atoms with van der Waals surface area (Å²) >= 11 is 6.52. The first-order valence-corrected chi connectivity index (χ1v) is 8.21. The molecule has 1 saturated carbocycles. The van der Waals surface area contributed by atoms with E-state index in [9.17, 15) is 4.79 Å². The Morgan fingerprint density at radius 3 is 2.67 bits per heavy atom. The summed E-state index contributed by atoms with van der Waals surface area (Å²) in [4.78, 5) is 11.6. The molecular weight excluding hydrogens is 284 g/mol. The van der Waals surface area contributed by atoms with Crippen molar-refractivity contribution in [1.82, 2.24) is 5.32 Å². The number of hydrogen-bond donors (Lipinski definition) is 2. The summed E-state index contributed by atoms with van der Waals surface area (Å²) in [6.45, 7) is 2.36. The molecule has 3 nitrogen and oxygen atoms in total. The van der Waals surface area contributed by atoms with Gasteiger partial charge in [-0.1, -0.05) is 43.9 Å². The molecule has 1 fully saturated rings. The number of hydrogen-bond acceptors (Lipinski definition) is 2. The zero-order valence-corrected chi connectivity index (χ0v) is 13.5. The molecule has 0 spiro atoms. The molecule has 1 aliphatic carbocycles. The van der Waals surface area contributed by atoms with Crippen molar-refractivity contribution < 1.29 is 4.79 Å². The molecule has 21 heavy (non-hydrogen) atoms. The van der Waals surface area contributed by atoms with Gasteiger partial charge < -0.3 is 10.6 Å². The van der Waals surface area contributed by atoms with Crippen LogP contribution >= 0.6 is 11.6 Å². The fourth-order valence-electron chi connectivity index (χ4n) is 4.02. The highest BCUT2D eigenvalue weighted by Gasteiger charge is 2.37. The number of carbonyl (C=O) groups excluding carboxylic acids is 1. The number of fused-ring (bicyclic) bond motifs is 1. The maximum atomic E-state index is 11.6. The minimum atomic E-state index is 0.0584. The smallest absolute Gasteiger partial charge is 0.228 e. The summed E-state index contributed by atoms with van der Waals surface area (Å²) in [5.41, 5.74) is 3.32. The van der Waals surface area contributed by atoms with E-state index in [1.54, 1.807) is 0 Å². The summed E-state index contributed by atoms with van der Waals surface area (Å²) in [5.74, 6) is 0.0584. The van der Waals surface area contributed by atoms with Crippen molar-refractivity contribution in [3.63, 3.8) is 0 Å². The van der Waals surface area contributed by atoms with Crippen molar-refractivity contribution in [1.29, 1.82) is 0 Å². The van der Waals surface area contributed by atoms with E-state index in [1.807, 2.05) is 13.1 Å². The maximum absolute atomic E-state index is 11.6. The summed E-state index contributed by atoms with van der Waals surface area (Å²) in [7, 11) is 2.01. The molecule has 0 aromatic heterocycles. The van der Waals surface area contributed by atoms with Gasteiger partial charge in [0.1, 0.15) is 0 Å². The molecule has 1 aliphatic heterocycles. The molecule has 1 heterocycles. The van der Waals surface area contributed by atoms with Gasteiger partial charge in [-0.05, 0) is 42.5 Å². The highest BCUT2D eigenvalue weighted by Crippen LogP contribution is 2.47. The van der Waals surface area contributed by atoms with Gasteiger partial charge in [0.05, 0.1) is 6.42 Å². The molecule has 1 atom stereocenters. The van der Waals surface area contributed by atoms with Crippen LogP contribution in [0.15, 0.2) is 12.1 Å². The average molecular weight is 307 g/mol. The Balaban J connectivity index is 1.98. The lowest BCUT2D eigenvalue weighted by atomic mass is 9.68. The number of nitrogens with one attached hydrogen (secondary N) is 2. The van der Waals surface area contributed by atoms with E-state index >= 15 is 0 Å². The van der Waals surface area contributed by atoms with Crippen LogP contribution in [0.4, 0.5) is 5.69 Å². The van der Waals surface area contributed by atoms with Crippen molar-refractivity contribution >= 4 is 23.2 Å². The summed E-state index contributed by atoms with van der Waals surface area (Å²) < 4.78 is 0. The molecule has 1 aromatic carbocycles. The molecule has 3 rings (SSSR count). The third-order valence-corrected chi connectivity index (χ3v) is 5.47. The molecule has 1 unspecified atom stereocenters. The zero-order chi connectivity index (χ0) is 15.0. The Labute approximate surface area is 131 Å². The van der Waals surface area contributed by atoms with Gasteiger partial charge >= 0.3 is 0 Å². The molecule has 4 heteroatoms. The predicted molar refractivity (Wildman–Crippen MR) is 86.8 cm³/mol. The van der Waals surface area contributed by atoms with E-state index in [-0.39, 0.29) is 17.4 Å². The number of benzene rings is 1. The minimum absolute atomic E-state index is 0.0584. The second-order valence-electron chi connectivity index (χ2n) is 6.69. The van der Waals surface area contributed by atoms with Gasteiger partial charge in [-0.25, -0.2) is 0 Å². The third kappa shape index (κ3) is 2.69. The van der Waals surface area contributed by atoms with Gasteiger partial charge in [-0.3, -0.25) is 4.79 Å². The Morgan fingerprint density at radius 2 is 2.00 bits per heavy atom. The fourth-order valence-corrected chi connectivity index (χ4v) is 4.29. The van der Waals surface area contributed by atoms with Crippen LogP contribution < -0.4 is 10.6 Å². The number of rotatable bonds is 3. The largest absolute Gasteiger partial charge is 0.325 e. The number of halogens is 1. The quantitative estimate of drug-likeness (QED) is 0.884. The van der Waals surface area contributed by atoms with Crippen LogP contribution in [0, 0.1) is 5.41 Å². The topological polar surface area (TPSA) is 41.1 Å². The Kier molecular flexibility index (Phi) is 3.98. The average Bonchev–Trinajstić information content (AvgIpc) is 2.79. The molecule has 0 radical (unpaired) electrons. The number of amides is 1. The van der Waals surface area contributed by atoms with E-state index in [0.717, 1.165) is 21.8 Å². The van der Waals surface area contributed by atoms with Crippen molar-refractivity contribution in [2.75, 3.05) is 12.4 Å². The van der Waals surface area contributed by atoms with Crippen LogP contribution in [0.1, 0.15) is 56.2 Å². The van der Waals surface area contributed by atoms with Gasteiger partial charge in [0.2, 0.25) is 5.91 Å². The highest BCUT2D eigenvalue weighted by molar-refractivity contribution is 6.32. The SMILES string of the molecule is CNC(c1cc2c(cc1Cl)NC(=O)C2)C1(C)CCCCC1. The molecule has 1 amide bonds.